The minimum Gasteiger partial charge on any atom is -0.310 e. The Hall–Kier alpha value is 0.0500. The van der Waals surface area contributed by atoms with Gasteiger partial charge in [0.2, 0.25) is 0 Å². The van der Waals surface area contributed by atoms with E-state index < -0.39 is 0 Å². The molecule has 1 saturated heterocycles. The highest BCUT2D eigenvalue weighted by Gasteiger charge is 2.27. The Balaban J connectivity index is 1.97. The third-order valence-corrected chi connectivity index (χ3v) is 4.96. The van der Waals surface area contributed by atoms with Gasteiger partial charge in [-0.2, -0.15) is 11.8 Å². The summed E-state index contributed by atoms with van der Waals surface area (Å²) in [4.78, 5) is 0. The molecule has 92 valence electrons. The Labute approximate surface area is 104 Å². The smallest absolute Gasteiger partial charge is 0.0316 e. The Bertz CT molecular complexity index is 231. The molecule has 0 amide bonds. The van der Waals surface area contributed by atoms with Crippen LogP contribution >= 0.6 is 11.8 Å². The molecule has 1 heterocycles. The van der Waals surface area contributed by atoms with Gasteiger partial charge in [-0.05, 0) is 62.5 Å². The Morgan fingerprint density at radius 2 is 2.44 bits per heavy atom. The standard InChI is InChI=1S/C14H25NS/c1-2-9-15-14(13-8-10-16-11-13)12-6-4-3-5-7-12/h6,13-15H,2-5,7-11H2,1H3. The van der Waals surface area contributed by atoms with Gasteiger partial charge in [-0.1, -0.05) is 18.6 Å². The number of hydrogen-bond acceptors (Lipinski definition) is 2. The second-order valence-electron chi connectivity index (χ2n) is 5.08. The van der Waals surface area contributed by atoms with Crippen LogP contribution in [0.25, 0.3) is 0 Å². The average Bonchev–Trinajstić information content (AvgIpc) is 2.85. The van der Waals surface area contributed by atoms with Gasteiger partial charge in [0.1, 0.15) is 0 Å². The van der Waals surface area contributed by atoms with Crippen LogP contribution in [0.5, 0.6) is 0 Å². The maximum Gasteiger partial charge on any atom is 0.0316 e. The van der Waals surface area contributed by atoms with Gasteiger partial charge >= 0.3 is 0 Å². The van der Waals surface area contributed by atoms with Crippen molar-refractivity contribution in [3.63, 3.8) is 0 Å². The Morgan fingerprint density at radius 3 is 3.06 bits per heavy atom. The summed E-state index contributed by atoms with van der Waals surface area (Å²) in [6.07, 6.45) is 10.7. The van der Waals surface area contributed by atoms with Crippen LogP contribution in [0.2, 0.25) is 0 Å². The fourth-order valence-electron chi connectivity index (χ4n) is 2.86. The van der Waals surface area contributed by atoms with E-state index in [1.165, 1.54) is 56.6 Å². The van der Waals surface area contributed by atoms with Crippen molar-refractivity contribution in [1.82, 2.24) is 5.32 Å². The van der Waals surface area contributed by atoms with Crippen molar-refractivity contribution in [3.8, 4) is 0 Å². The molecule has 0 bridgehead atoms. The monoisotopic (exact) mass is 239 g/mol. The molecule has 0 aromatic heterocycles. The molecule has 1 aliphatic carbocycles. The summed E-state index contributed by atoms with van der Waals surface area (Å²) in [5, 5.41) is 3.80. The summed E-state index contributed by atoms with van der Waals surface area (Å²) in [6, 6.07) is 0.704. The van der Waals surface area contributed by atoms with Gasteiger partial charge in [0.25, 0.3) is 0 Å². The molecule has 2 heteroatoms. The molecular weight excluding hydrogens is 214 g/mol. The molecule has 1 nitrogen and oxygen atoms in total. The molecule has 0 saturated carbocycles. The maximum atomic E-state index is 3.80. The third kappa shape index (κ3) is 3.27. The van der Waals surface area contributed by atoms with E-state index in [9.17, 15) is 0 Å². The third-order valence-electron chi connectivity index (χ3n) is 3.78. The van der Waals surface area contributed by atoms with Gasteiger partial charge in [-0.15, -0.1) is 0 Å². The van der Waals surface area contributed by atoms with Crippen LogP contribution in [0.15, 0.2) is 11.6 Å². The second kappa shape index (κ2) is 6.70. The maximum absolute atomic E-state index is 3.80. The molecule has 0 radical (unpaired) electrons. The highest BCUT2D eigenvalue weighted by atomic mass is 32.2. The Morgan fingerprint density at radius 1 is 1.50 bits per heavy atom. The number of thioether (sulfide) groups is 1. The zero-order valence-electron chi connectivity index (χ0n) is 10.5. The zero-order chi connectivity index (χ0) is 11.2. The topological polar surface area (TPSA) is 12.0 Å². The molecule has 16 heavy (non-hydrogen) atoms. The summed E-state index contributed by atoms with van der Waals surface area (Å²) < 4.78 is 0. The van der Waals surface area contributed by atoms with Gasteiger partial charge in [0.05, 0.1) is 0 Å². The van der Waals surface area contributed by atoms with Gasteiger partial charge in [-0.25, -0.2) is 0 Å². The lowest BCUT2D eigenvalue weighted by Gasteiger charge is -2.29. The molecule has 2 atom stereocenters. The lowest BCUT2D eigenvalue weighted by atomic mass is 9.86. The van der Waals surface area contributed by atoms with Gasteiger partial charge in [-0.3, -0.25) is 0 Å². The van der Waals surface area contributed by atoms with Crippen molar-refractivity contribution < 1.29 is 0 Å². The normalized spacial score (nSPS) is 27.8. The van der Waals surface area contributed by atoms with Crippen LogP contribution in [-0.4, -0.2) is 24.1 Å². The lowest BCUT2D eigenvalue weighted by molar-refractivity contribution is 0.409. The van der Waals surface area contributed by atoms with Crippen LogP contribution in [0.4, 0.5) is 0 Å². The average molecular weight is 239 g/mol. The summed E-state index contributed by atoms with van der Waals surface area (Å²) in [7, 11) is 0. The summed E-state index contributed by atoms with van der Waals surface area (Å²) in [5.41, 5.74) is 1.73. The number of rotatable bonds is 5. The minimum absolute atomic E-state index is 0.704. The highest BCUT2D eigenvalue weighted by Crippen LogP contribution is 2.32. The number of hydrogen-bond donors (Lipinski definition) is 1. The van der Waals surface area contributed by atoms with Crippen LogP contribution in [-0.2, 0) is 0 Å². The summed E-state index contributed by atoms with van der Waals surface area (Å²) in [5.74, 6) is 3.65. The van der Waals surface area contributed by atoms with Crippen molar-refractivity contribution in [3.05, 3.63) is 11.6 Å². The van der Waals surface area contributed by atoms with Crippen molar-refractivity contribution in [2.24, 2.45) is 5.92 Å². The minimum atomic E-state index is 0.704. The predicted molar refractivity (Wildman–Crippen MR) is 74.1 cm³/mol. The van der Waals surface area contributed by atoms with Crippen molar-refractivity contribution >= 4 is 11.8 Å². The van der Waals surface area contributed by atoms with E-state index in [-0.39, 0.29) is 0 Å². The van der Waals surface area contributed by atoms with Gasteiger partial charge < -0.3 is 5.32 Å². The van der Waals surface area contributed by atoms with E-state index in [0.717, 1.165) is 5.92 Å². The van der Waals surface area contributed by atoms with E-state index in [0.29, 0.717) is 6.04 Å². The molecule has 1 N–H and O–H groups in total. The van der Waals surface area contributed by atoms with Crippen molar-refractivity contribution in [2.75, 3.05) is 18.1 Å². The van der Waals surface area contributed by atoms with E-state index in [1.54, 1.807) is 5.57 Å². The molecule has 2 unspecified atom stereocenters. The quantitative estimate of drug-likeness (QED) is 0.736. The van der Waals surface area contributed by atoms with Crippen molar-refractivity contribution in [1.29, 1.82) is 0 Å². The van der Waals surface area contributed by atoms with Gasteiger partial charge in [0.15, 0.2) is 0 Å². The molecular formula is C14H25NS. The first-order chi connectivity index (χ1) is 7.92. The second-order valence-corrected chi connectivity index (χ2v) is 6.23. The van der Waals surface area contributed by atoms with Crippen LogP contribution in [0.3, 0.4) is 0 Å². The fraction of sp³-hybridized carbons (Fsp3) is 0.857. The van der Waals surface area contributed by atoms with Crippen molar-refractivity contribution in [2.45, 2.75) is 51.5 Å². The van der Waals surface area contributed by atoms with Crippen LogP contribution in [0, 0.1) is 5.92 Å². The van der Waals surface area contributed by atoms with E-state index >= 15 is 0 Å². The molecule has 1 aliphatic heterocycles. The molecule has 2 rings (SSSR count). The van der Waals surface area contributed by atoms with Crippen LogP contribution < -0.4 is 5.32 Å². The number of nitrogens with one attached hydrogen (secondary N) is 1. The van der Waals surface area contributed by atoms with Crippen LogP contribution in [0.1, 0.15) is 45.4 Å². The van der Waals surface area contributed by atoms with E-state index in [2.05, 4.69) is 30.1 Å². The molecule has 2 aliphatic rings. The number of allylic oxidation sites excluding steroid dienone is 1. The molecule has 1 fully saturated rings. The van der Waals surface area contributed by atoms with E-state index in [1.807, 2.05) is 0 Å². The summed E-state index contributed by atoms with van der Waals surface area (Å²) in [6.45, 7) is 3.45. The molecule has 0 aromatic carbocycles. The SMILES string of the molecule is CCCNC(C1=CCCCC1)C1CCSC1. The fourth-order valence-corrected chi connectivity index (χ4v) is 4.16. The summed E-state index contributed by atoms with van der Waals surface area (Å²) >= 11 is 2.14. The zero-order valence-corrected chi connectivity index (χ0v) is 11.3. The van der Waals surface area contributed by atoms with Gasteiger partial charge in [0, 0.05) is 6.04 Å². The predicted octanol–water partition coefficient (Wildman–Crippen LogP) is 3.61. The largest absolute Gasteiger partial charge is 0.310 e. The highest BCUT2D eigenvalue weighted by molar-refractivity contribution is 7.99. The Kier molecular flexibility index (Phi) is 5.24. The lowest BCUT2D eigenvalue weighted by Crippen LogP contribution is -2.39. The van der Waals surface area contributed by atoms with E-state index in [4.69, 9.17) is 0 Å². The molecule has 0 aromatic rings. The first-order valence-corrected chi connectivity index (χ1v) is 8.07. The molecule has 0 spiro atoms. The first kappa shape index (κ1) is 12.5. The first-order valence-electron chi connectivity index (χ1n) is 6.92.